The van der Waals surface area contributed by atoms with Crippen molar-refractivity contribution in [3.8, 4) is 11.5 Å². The van der Waals surface area contributed by atoms with Crippen molar-refractivity contribution in [2.45, 2.75) is 19.6 Å². The normalized spacial score (nSPS) is 11.0. The van der Waals surface area contributed by atoms with Gasteiger partial charge in [0.15, 0.2) is 0 Å². The summed E-state index contributed by atoms with van der Waals surface area (Å²) >= 11 is 0. The predicted molar refractivity (Wildman–Crippen MR) is 121 cm³/mol. The molecule has 0 saturated heterocycles. The molecule has 1 aromatic heterocycles. The summed E-state index contributed by atoms with van der Waals surface area (Å²) < 4.78 is 20.7. The molecule has 0 amide bonds. The van der Waals surface area contributed by atoms with Gasteiger partial charge in [-0.2, -0.15) is 0 Å². The molecule has 158 valence electrons. The Hall–Kier alpha value is -3.48. The van der Waals surface area contributed by atoms with Crippen LogP contribution in [0.25, 0.3) is 10.9 Å². The first-order chi connectivity index (χ1) is 15.1. The molecule has 0 radical (unpaired) electrons. The number of nitrogens with zero attached hydrogens (tertiary/aromatic N) is 1. The second kappa shape index (κ2) is 9.55. The number of nitrogens with two attached hydrogens (primary N) is 1. The molecule has 3 aromatic carbocycles. The van der Waals surface area contributed by atoms with Crippen LogP contribution < -0.4 is 21.3 Å². The number of pyridine rings is 1. The third kappa shape index (κ3) is 4.99. The van der Waals surface area contributed by atoms with Crippen LogP contribution in [-0.4, -0.2) is 11.1 Å². The molecular weight excluding hydrogens is 393 g/mol. The van der Waals surface area contributed by atoms with Crippen molar-refractivity contribution in [3.05, 3.63) is 106 Å². The quantitative estimate of drug-likeness (QED) is 0.451. The van der Waals surface area contributed by atoms with Crippen molar-refractivity contribution in [2.24, 2.45) is 5.73 Å². The molecule has 4 aromatic rings. The molecule has 6 heteroatoms. The minimum absolute atomic E-state index is 0.0820. The number of nitrogens with one attached hydrogen (secondary N) is 1. The van der Waals surface area contributed by atoms with E-state index in [1.54, 1.807) is 16.7 Å². The molecule has 0 spiro atoms. The van der Waals surface area contributed by atoms with Crippen LogP contribution in [0.4, 0.5) is 4.39 Å². The van der Waals surface area contributed by atoms with Crippen molar-refractivity contribution in [2.75, 3.05) is 6.54 Å². The first-order valence-corrected chi connectivity index (χ1v) is 10.2. The van der Waals surface area contributed by atoms with Gasteiger partial charge < -0.3 is 20.4 Å². The largest absolute Gasteiger partial charge is 0.457 e. The highest BCUT2D eigenvalue weighted by Crippen LogP contribution is 2.25. The van der Waals surface area contributed by atoms with Gasteiger partial charge in [-0.1, -0.05) is 30.3 Å². The van der Waals surface area contributed by atoms with Gasteiger partial charge in [-0.05, 0) is 53.4 Å². The summed E-state index contributed by atoms with van der Waals surface area (Å²) in [5.41, 5.74) is 8.09. The first kappa shape index (κ1) is 20.8. The molecule has 0 atom stereocenters. The summed E-state index contributed by atoms with van der Waals surface area (Å²) in [6, 6.07) is 23.4. The first-order valence-electron chi connectivity index (χ1n) is 10.2. The topological polar surface area (TPSA) is 69.3 Å². The molecular formula is C25H24FN3O2. The smallest absolute Gasteiger partial charge is 0.255 e. The van der Waals surface area contributed by atoms with Crippen LogP contribution in [0.3, 0.4) is 0 Å². The third-order valence-corrected chi connectivity index (χ3v) is 5.03. The number of para-hydroxylation sites is 1. The van der Waals surface area contributed by atoms with E-state index >= 15 is 0 Å². The van der Waals surface area contributed by atoms with Crippen LogP contribution in [0.1, 0.15) is 11.1 Å². The lowest BCUT2D eigenvalue weighted by atomic mass is 10.1. The Morgan fingerprint density at radius 3 is 2.42 bits per heavy atom. The zero-order valence-electron chi connectivity index (χ0n) is 17.1. The van der Waals surface area contributed by atoms with Gasteiger partial charge in [0, 0.05) is 37.8 Å². The van der Waals surface area contributed by atoms with Crippen LogP contribution in [0.15, 0.2) is 83.7 Å². The summed E-state index contributed by atoms with van der Waals surface area (Å²) in [4.78, 5) is 13.1. The number of benzene rings is 3. The van der Waals surface area contributed by atoms with Gasteiger partial charge in [0.1, 0.15) is 17.3 Å². The minimum atomic E-state index is -0.265. The van der Waals surface area contributed by atoms with Gasteiger partial charge in [-0.15, -0.1) is 0 Å². The molecule has 0 unspecified atom stereocenters. The number of fused-ring (bicyclic) bond motifs is 1. The number of ether oxygens (including phenoxy) is 1. The van der Waals surface area contributed by atoms with Crippen molar-refractivity contribution in [3.63, 3.8) is 0 Å². The van der Waals surface area contributed by atoms with Crippen LogP contribution in [0, 0.1) is 5.82 Å². The fourth-order valence-electron chi connectivity index (χ4n) is 3.52. The van der Waals surface area contributed by atoms with Gasteiger partial charge in [-0.25, -0.2) is 4.39 Å². The van der Waals surface area contributed by atoms with Gasteiger partial charge >= 0.3 is 0 Å². The van der Waals surface area contributed by atoms with E-state index in [1.807, 2.05) is 54.6 Å². The van der Waals surface area contributed by atoms with Gasteiger partial charge in [-0.3, -0.25) is 4.79 Å². The average molecular weight is 417 g/mol. The number of hydrogen-bond acceptors (Lipinski definition) is 4. The maximum atomic E-state index is 13.1. The van der Waals surface area contributed by atoms with E-state index in [4.69, 9.17) is 10.5 Å². The van der Waals surface area contributed by atoms with Crippen LogP contribution in [0.5, 0.6) is 11.5 Å². The Morgan fingerprint density at radius 1 is 0.903 bits per heavy atom. The van der Waals surface area contributed by atoms with Gasteiger partial charge in [0.05, 0.1) is 5.52 Å². The molecule has 0 fully saturated rings. The van der Waals surface area contributed by atoms with E-state index < -0.39 is 0 Å². The Kier molecular flexibility index (Phi) is 6.40. The number of aromatic nitrogens is 1. The van der Waals surface area contributed by atoms with E-state index in [2.05, 4.69) is 5.32 Å². The summed E-state index contributed by atoms with van der Waals surface area (Å²) in [5.74, 6) is 1.13. The maximum absolute atomic E-state index is 13.1. The molecule has 0 saturated carbocycles. The Balaban J connectivity index is 1.59. The SMILES string of the molecule is NCCn1c(=O)c(CNCc2ccc(F)cc2)cc2ccc(Oc3ccccc3)cc21. The van der Waals surface area contributed by atoms with Crippen LogP contribution >= 0.6 is 0 Å². The highest BCUT2D eigenvalue weighted by molar-refractivity contribution is 5.81. The predicted octanol–water partition coefficient (Wildman–Crippen LogP) is 4.18. The van der Waals surface area contributed by atoms with Crippen molar-refractivity contribution in [1.29, 1.82) is 0 Å². The molecule has 4 rings (SSSR count). The summed E-state index contributed by atoms with van der Waals surface area (Å²) in [6.45, 7) is 1.71. The van der Waals surface area contributed by atoms with E-state index in [1.165, 1.54) is 12.1 Å². The van der Waals surface area contributed by atoms with Gasteiger partial charge in [0.25, 0.3) is 5.56 Å². The third-order valence-electron chi connectivity index (χ3n) is 5.03. The molecule has 5 nitrogen and oxygen atoms in total. The summed E-state index contributed by atoms with van der Waals surface area (Å²) in [6.07, 6.45) is 0. The van der Waals surface area contributed by atoms with Crippen molar-refractivity contribution < 1.29 is 9.13 Å². The lowest BCUT2D eigenvalue weighted by molar-refractivity contribution is 0.483. The maximum Gasteiger partial charge on any atom is 0.255 e. The highest BCUT2D eigenvalue weighted by Gasteiger charge is 2.11. The zero-order valence-corrected chi connectivity index (χ0v) is 17.1. The zero-order chi connectivity index (χ0) is 21.6. The minimum Gasteiger partial charge on any atom is -0.457 e. The number of hydrogen-bond donors (Lipinski definition) is 2. The highest BCUT2D eigenvalue weighted by atomic mass is 19.1. The summed E-state index contributed by atoms with van der Waals surface area (Å²) in [7, 11) is 0. The number of rotatable bonds is 8. The average Bonchev–Trinajstić information content (AvgIpc) is 2.79. The molecule has 0 bridgehead atoms. The van der Waals surface area contributed by atoms with Gasteiger partial charge in [0.2, 0.25) is 0 Å². The van der Waals surface area contributed by atoms with E-state index in [0.29, 0.717) is 37.5 Å². The lowest BCUT2D eigenvalue weighted by Gasteiger charge is -2.14. The Morgan fingerprint density at radius 2 is 1.68 bits per heavy atom. The molecule has 0 aliphatic rings. The molecule has 0 aliphatic carbocycles. The molecule has 31 heavy (non-hydrogen) atoms. The second-order valence-corrected chi connectivity index (χ2v) is 7.28. The van der Waals surface area contributed by atoms with Crippen molar-refractivity contribution in [1.82, 2.24) is 9.88 Å². The Bertz CT molecular complexity index is 1220. The molecule has 1 heterocycles. The van der Waals surface area contributed by atoms with Crippen LogP contribution in [0.2, 0.25) is 0 Å². The number of halogens is 1. The second-order valence-electron chi connectivity index (χ2n) is 7.28. The lowest BCUT2D eigenvalue weighted by Crippen LogP contribution is -2.29. The fraction of sp³-hybridized carbons (Fsp3) is 0.160. The fourth-order valence-corrected chi connectivity index (χ4v) is 3.52. The van der Waals surface area contributed by atoms with Crippen LogP contribution in [-0.2, 0) is 19.6 Å². The molecule has 3 N–H and O–H groups in total. The monoisotopic (exact) mass is 417 g/mol. The van der Waals surface area contributed by atoms with Crippen molar-refractivity contribution >= 4 is 10.9 Å². The molecule has 0 aliphatic heterocycles. The Labute approximate surface area is 179 Å². The standard InChI is InChI=1S/C25H24FN3O2/c26-21-9-6-18(7-10-21)16-28-17-20-14-19-8-11-23(31-22-4-2-1-3-5-22)15-24(19)29(13-12-27)25(20)30/h1-11,14-15,28H,12-13,16-17,27H2. The van der Waals surface area contributed by atoms with E-state index in [9.17, 15) is 9.18 Å². The van der Waals surface area contributed by atoms with E-state index in [0.717, 1.165) is 22.2 Å². The summed E-state index contributed by atoms with van der Waals surface area (Å²) in [5, 5.41) is 4.20. The van der Waals surface area contributed by atoms with E-state index in [-0.39, 0.29) is 11.4 Å².